The molecule has 0 spiro atoms. The average Bonchev–Trinajstić information content (AvgIpc) is 3.35. The summed E-state index contributed by atoms with van der Waals surface area (Å²) >= 11 is 5.92. The van der Waals surface area contributed by atoms with Gasteiger partial charge in [-0.15, -0.1) is 0 Å². The Balaban J connectivity index is 1.62. The van der Waals surface area contributed by atoms with Crippen LogP contribution in [-0.2, 0) is 0 Å². The number of benzene rings is 2. The van der Waals surface area contributed by atoms with Crippen LogP contribution in [0.4, 0.5) is 5.69 Å². The van der Waals surface area contributed by atoms with Gasteiger partial charge in [0.25, 0.3) is 0 Å². The Morgan fingerprint density at radius 2 is 1.61 bits per heavy atom. The summed E-state index contributed by atoms with van der Waals surface area (Å²) in [7, 11) is 0. The number of nitrogens with one attached hydrogen (secondary N) is 1. The highest BCUT2D eigenvalue weighted by atomic mass is 32.1. The molecule has 1 N–H and O–H groups in total. The van der Waals surface area contributed by atoms with Crippen molar-refractivity contribution in [2.45, 2.75) is 52.8 Å². The molecular weight excluding hydrogens is 464 g/mol. The first-order chi connectivity index (χ1) is 17.3. The Morgan fingerprint density at radius 3 is 2.25 bits per heavy atom. The third-order valence-electron chi connectivity index (χ3n) is 6.67. The molecule has 5 nitrogen and oxygen atoms in total. The van der Waals surface area contributed by atoms with Gasteiger partial charge in [0.05, 0.1) is 23.9 Å². The Bertz CT molecular complexity index is 1360. The van der Waals surface area contributed by atoms with Crippen LogP contribution in [0.3, 0.4) is 0 Å². The van der Waals surface area contributed by atoms with Crippen LogP contribution in [0.5, 0.6) is 5.75 Å². The molecule has 1 aliphatic rings. The standard InChI is InChI=1S/C30H32N4OS/c1-19(2)35-25-15-13-24(14-16-25)34-29(28(32-30(34)36)27-8-6-7-17-31-27)26-18-21(4)33(22(26)5)23-11-9-20(3)10-12-23/h6-19,28-29H,1-5H3,(H,32,36)/t28-,29+/m0/s1. The van der Waals surface area contributed by atoms with E-state index < -0.39 is 0 Å². The van der Waals surface area contributed by atoms with E-state index in [1.165, 1.54) is 22.5 Å². The van der Waals surface area contributed by atoms with E-state index in [1.807, 2.05) is 44.3 Å². The van der Waals surface area contributed by atoms with Crippen LogP contribution in [-0.4, -0.2) is 20.8 Å². The van der Waals surface area contributed by atoms with E-state index in [0.717, 1.165) is 22.8 Å². The highest BCUT2D eigenvalue weighted by Gasteiger charge is 2.42. The minimum Gasteiger partial charge on any atom is -0.491 e. The zero-order chi connectivity index (χ0) is 25.4. The first kappa shape index (κ1) is 24.1. The largest absolute Gasteiger partial charge is 0.491 e. The number of ether oxygens (including phenoxy) is 1. The maximum Gasteiger partial charge on any atom is 0.174 e. The topological polar surface area (TPSA) is 42.3 Å². The van der Waals surface area contributed by atoms with E-state index in [9.17, 15) is 0 Å². The number of aromatic nitrogens is 2. The van der Waals surface area contributed by atoms with Crippen molar-refractivity contribution in [2.24, 2.45) is 0 Å². The molecule has 36 heavy (non-hydrogen) atoms. The van der Waals surface area contributed by atoms with Crippen molar-refractivity contribution >= 4 is 23.0 Å². The van der Waals surface area contributed by atoms with Crippen LogP contribution >= 0.6 is 12.2 Å². The highest BCUT2D eigenvalue weighted by Crippen LogP contribution is 2.44. The molecule has 184 valence electrons. The van der Waals surface area contributed by atoms with Gasteiger partial charge in [-0.05, 0) is 107 Å². The number of hydrogen-bond acceptors (Lipinski definition) is 3. The van der Waals surface area contributed by atoms with Crippen molar-refractivity contribution in [3.8, 4) is 11.4 Å². The quantitative estimate of drug-likeness (QED) is 0.299. The molecule has 1 fully saturated rings. The lowest BCUT2D eigenvalue weighted by Crippen LogP contribution is -2.29. The van der Waals surface area contributed by atoms with Crippen LogP contribution in [0, 0.1) is 20.8 Å². The summed E-state index contributed by atoms with van der Waals surface area (Å²) in [6.07, 6.45) is 1.96. The van der Waals surface area contributed by atoms with E-state index in [2.05, 4.69) is 84.1 Å². The predicted molar refractivity (Wildman–Crippen MR) is 150 cm³/mol. The van der Waals surface area contributed by atoms with Gasteiger partial charge in [0, 0.05) is 29.0 Å². The van der Waals surface area contributed by atoms with Crippen LogP contribution < -0.4 is 15.0 Å². The third kappa shape index (κ3) is 4.49. The van der Waals surface area contributed by atoms with Crippen LogP contribution in [0.25, 0.3) is 5.69 Å². The molecule has 2 aromatic carbocycles. The molecule has 1 saturated heterocycles. The lowest BCUT2D eigenvalue weighted by Gasteiger charge is -2.28. The number of pyridine rings is 1. The van der Waals surface area contributed by atoms with Crippen molar-refractivity contribution < 1.29 is 4.74 Å². The van der Waals surface area contributed by atoms with E-state index >= 15 is 0 Å². The van der Waals surface area contributed by atoms with Crippen molar-refractivity contribution in [1.82, 2.24) is 14.9 Å². The van der Waals surface area contributed by atoms with Gasteiger partial charge >= 0.3 is 0 Å². The van der Waals surface area contributed by atoms with Gasteiger partial charge in [0.1, 0.15) is 5.75 Å². The van der Waals surface area contributed by atoms with E-state index in [4.69, 9.17) is 21.9 Å². The molecule has 6 heteroatoms. The molecule has 2 atom stereocenters. The molecule has 0 radical (unpaired) electrons. The Hall–Kier alpha value is -3.64. The molecule has 0 aliphatic carbocycles. The van der Waals surface area contributed by atoms with Crippen LogP contribution in [0.2, 0.25) is 0 Å². The first-order valence-electron chi connectivity index (χ1n) is 12.4. The normalized spacial score (nSPS) is 17.5. The molecule has 2 aromatic heterocycles. The average molecular weight is 497 g/mol. The zero-order valence-corrected chi connectivity index (χ0v) is 22.2. The maximum absolute atomic E-state index is 5.92. The summed E-state index contributed by atoms with van der Waals surface area (Å²) in [6, 6.07) is 25.0. The summed E-state index contributed by atoms with van der Waals surface area (Å²) in [5.41, 5.74) is 7.99. The summed E-state index contributed by atoms with van der Waals surface area (Å²) in [5, 5.41) is 4.26. The Kier molecular flexibility index (Phi) is 6.54. The molecule has 0 amide bonds. The minimum atomic E-state index is -0.0859. The first-order valence-corrected chi connectivity index (χ1v) is 12.8. The number of hydrogen-bond donors (Lipinski definition) is 1. The lowest BCUT2D eigenvalue weighted by atomic mass is 9.96. The van der Waals surface area contributed by atoms with Gasteiger partial charge in [0.15, 0.2) is 5.11 Å². The van der Waals surface area contributed by atoms with Crippen LogP contribution in [0.15, 0.2) is 79.0 Å². The number of nitrogens with zero attached hydrogens (tertiary/aromatic N) is 3. The van der Waals surface area contributed by atoms with Gasteiger partial charge in [-0.2, -0.15) is 0 Å². The van der Waals surface area contributed by atoms with Gasteiger partial charge < -0.3 is 19.5 Å². The van der Waals surface area contributed by atoms with Crippen LogP contribution in [0.1, 0.15) is 54.1 Å². The SMILES string of the molecule is Cc1ccc(-n2c(C)cc([C@@H]3[C@H](c4ccccn4)NC(=S)N3c3ccc(OC(C)C)cc3)c2C)cc1. The maximum atomic E-state index is 5.92. The van der Waals surface area contributed by atoms with Crippen molar-refractivity contribution in [1.29, 1.82) is 0 Å². The summed E-state index contributed by atoms with van der Waals surface area (Å²) in [6.45, 7) is 10.5. The number of aryl methyl sites for hydroxylation is 2. The molecule has 4 aromatic rings. The van der Waals surface area contributed by atoms with E-state index in [-0.39, 0.29) is 18.2 Å². The molecule has 0 saturated carbocycles. The second kappa shape index (κ2) is 9.78. The molecule has 0 bridgehead atoms. The number of anilines is 1. The predicted octanol–water partition coefficient (Wildman–Crippen LogP) is 6.76. The summed E-state index contributed by atoms with van der Waals surface area (Å²) in [5.74, 6) is 0.849. The fraction of sp³-hybridized carbons (Fsp3) is 0.267. The Labute approximate surface area is 218 Å². The molecular formula is C30H32N4OS. The van der Waals surface area contributed by atoms with E-state index in [1.54, 1.807) is 0 Å². The molecule has 5 rings (SSSR count). The van der Waals surface area contributed by atoms with Gasteiger partial charge in [-0.1, -0.05) is 23.8 Å². The fourth-order valence-corrected chi connectivity index (χ4v) is 5.43. The zero-order valence-electron chi connectivity index (χ0n) is 21.4. The number of rotatable bonds is 6. The van der Waals surface area contributed by atoms with Crippen molar-refractivity contribution in [3.05, 3.63) is 107 Å². The smallest absolute Gasteiger partial charge is 0.174 e. The highest BCUT2D eigenvalue weighted by molar-refractivity contribution is 7.80. The van der Waals surface area contributed by atoms with Gasteiger partial charge in [0.2, 0.25) is 0 Å². The third-order valence-corrected chi connectivity index (χ3v) is 6.98. The summed E-state index contributed by atoms with van der Waals surface area (Å²) < 4.78 is 8.20. The summed E-state index contributed by atoms with van der Waals surface area (Å²) in [4.78, 5) is 6.91. The van der Waals surface area contributed by atoms with Crippen molar-refractivity contribution in [3.63, 3.8) is 0 Å². The molecule has 1 aliphatic heterocycles. The second-order valence-electron chi connectivity index (χ2n) is 9.65. The lowest BCUT2D eigenvalue weighted by molar-refractivity contribution is 0.242. The monoisotopic (exact) mass is 496 g/mol. The second-order valence-corrected chi connectivity index (χ2v) is 10.0. The molecule has 3 heterocycles. The van der Waals surface area contributed by atoms with E-state index in [0.29, 0.717) is 5.11 Å². The minimum absolute atomic E-state index is 0.0605. The van der Waals surface area contributed by atoms with Gasteiger partial charge in [-0.25, -0.2) is 0 Å². The molecule has 0 unspecified atom stereocenters. The van der Waals surface area contributed by atoms with Gasteiger partial charge in [-0.3, -0.25) is 4.98 Å². The Morgan fingerprint density at radius 1 is 0.917 bits per heavy atom. The fourth-order valence-electron chi connectivity index (χ4n) is 5.08. The number of thiocarbonyl (C=S) groups is 1. The van der Waals surface area contributed by atoms with Crippen molar-refractivity contribution in [2.75, 3.05) is 4.90 Å².